The summed E-state index contributed by atoms with van der Waals surface area (Å²) in [5.41, 5.74) is 7.79. The first kappa shape index (κ1) is 16.2. The predicted molar refractivity (Wildman–Crippen MR) is 84.1 cm³/mol. The fraction of sp³-hybridized carbons (Fsp3) is 0.647. The van der Waals surface area contributed by atoms with E-state index < -0.39 is 0 Å². The van der Waals surface area contributed by atoms with Gasteiger partial charge in [-0.25, -0.2) is 0 Å². The molecule has 0 bridgehead atoms. The molecular weight excluding hydrogens is 232 g/mol. The largest absolute Gasteiger partial charge is 0.323 e. The van der Waals surface area contributed by atoms with Gasteiger partial charge in [-0.3, -0.25) is 0 Å². The van der Waals surface area contributed by atoms with Gasteiger partial charge in [-0.1, -0.05) is 65.0 Å². The van der Waals surface area contributed by atoms with Crippen molar-refractivity contribution >= 4 is 0 Å². The molecule has 1 unspecified atom stereocenters. The highest BCUT2D eigenvalue weighted by molar-refractivity contribution is 5.20. The lowest BCUT2D eigenvalue weighted by molar-refractivity contribution is 0.145. The summed E-state index contributed by atoms with van der Waals surface area (Å²) in [6.07, 6.45) is 0. The topological polar surface area (TPSA) is 29.3 Å². The summed E-state index contributed by atoms with van der Waals surface area (Å²) < 4.78 is 0. The molecule has 0 aliphatic rings. The molecule has 0 spiro atoms. The number of hydrogen-bond acceptors (Lipinski definition) is 2. The summed E-state index contributed by atoms with van der Waals surface area (Å²) >= 11 is 0. The molecule has 0 amide bonds. The Labute approximate surface area is 119 Å². The zero-order valence-corrected chi connectivity index (χ0v) is 13.2. The highest BCUT2D eigenvalue weighted by Crippen LogP contribution is 2.32. The first-order chi connectivity index (χ1) is 8.86. The summed E-state index contributed by atoms with van der Waals surface area (Å²) in [4.78, 5) is 2.51. The smallest absolute Gasteiger partial charge is 0.0359 e. The second-order valence-corrected chi connectivity index (χ2v) is 6.60. The molecule has 1 aromatic rings. The first-order valence-electron chi connectivity index (χ1n) is 7.39. The highest BCUT2D eigenvalue weighted by Gasteiger charge is 2.29. The second-order valence-electron chi connectivity index (χ2n) is 6.60. The fourth-order valence-corrected chi connectivity index (χ4v) is 2.61. The van der Waals surface area contributed by atoms with Crippen molar-refractivity contribution in [1.29, 1.82) is 0 Å². The highest BCUT2D eigenvalue weighted by atomic mass is 15.1. The number of benzene rings is 1. The molecule has 0 saturated heterocycles. The van der Waals surface area contributed by atoms with Gasteiger partial charge in [-0.05, 0) is 23.4 Å². The molecule has 0 aromatic heterocycles. The SMILES string of the molecule is CCN(CC(C)C)CC(C)(C)C(N)c1ccccc1. The van der Waals surface area contributed by atoms with E-state index in [-0.39, 0.29) is 11.5 Å². The van der Waals surface area contributed by atoms with Crippen LogP contribution in [0.3, 0.4) is 0 Å². The van der Waals surface area contributed by atoms with Crippen LogP contribution < -0.4 is 5.73 Å². The molecule has 0 heterocycles. The van der Waals surface area contributed by atoms with Gasteiger partial charge in [-0.15, -0.1) is 0 Å². The molecule has 108 valence electrons. The maximum absolute atomic E-state index is 6.48. The molecule has 19 heavy (non-hydrogen) atoms. The Kier molecular flexibility index (Phi) is 6.02. The average molecular weight is 262 g/mol. The van der Waals surface area contributed by atoms with Crippen molar-refractivity contribution in [2.24, 2.45) is 17.1 Å². The first-order valence-corrected chi connectivity index (χ1v) is 7.39. The van der Waals surface area contributed by atoms with Gasteiger partial charge >= 0.3 is 0 Å². The number of nitrogens with zero attached hydrogens (tertiary/aromatic N) is 1. The Morgan fingerprint density at radius 2 is 1.74 bits per heavy atom. The van der Waals surface area contributed by atoms with E-state index in [4.69, 9.17) is 5.73 Å². The van der Waals surface area contributed by atoms with E-state index in [1.165, 1.54) is 5.56 Å². The fourth-order valence-electron chi connectivity index (χ4n) is 2.61. The van der Waals surface area contributed by atoms with Gasteiger partial charge in [0.15, 0.2) is 0 Å². The second kappa shape index (κ2) is 7.06. The molecule has 2 nitrogen and oxygen atoms in total. The van der Waals surface area contributed by atoms with Crippen LogP contribution in [-0.4, -0.2) is 24.5 Å². The van der Waals surface area contributed by atoms with Crippen LogP contribution >= 0.6 is 0 Å². The molecule has 0 fully saturated rings. The van der Waals surface area contributed by atoms with Crippen LogP contribution in [0.5, 0.6) is 0 Å². The van der Waals surface area contributed by atoms with E-state index in [2.05, 4.69) is 63.8 Å². The molecular formula is C17H30N2. The zero-order valence-electron chi connectivity index (χ0n) is 13.2. The molecule has 2 heteroatoms. The quantitative estimate of drug-likeness (QED) is 0.812. The van der Waals surface area contributed by atoms with E-state index in [1.54, 1.807) is 0 Å². The maximum Gasteiger partial charge on any atom is 0.0359 e. The van der Waals surface area contributed by atoms with E-state index in [9.17, 15) is 0 Å². The minimum absolute atomic E-state index is 0.0756. The van der Waals surface area contributed by atoms with Gasteiger partial charge in [0.1, 0.15) is 0 Å². The van der Waals surface area contributed by atoms with E-state index in [1.807, 2.05) is 6.07 Å². The minimum atomic E-state index is 0.0756. The lowest BCUT2D eigenvalue weighted by Gasteiger charge is -2.37. The third kappa shape index (κ3) is 4.96. The third-order valence-electron chi connectivity index (χ3n) is 3.70. The summed E-state index contributed by atoms with van der Waals surface area (Å²) in [5, 5.41) is 0. The zero-order chi connectivity index (χ0) is 14.5. The van der Waals surface area contributed by atoms with E-state index in [0.29, 0.717) is 5.92 Å². The molecule has 0 aliphatic heterocycles. The van der Waals surface area contributed by atoms with Crippen LogP contribution in [0, 0.1) is 11.3 Å². The molecule has 1 rings (SSSR count). The number of rotatable bonds is 7. The van der Waals surface area contributed by atoms with Crippen molar-refractivity contribution in [3.63, 3.8) is 0 Å². The Morgan fingerprint density at radius 3 is 2.21 bits per heavy atom. The molecule has 0 radical (unpaired) electrons. The van der Waals surface area contributed by atoms with Crippen molar-refractivity contribution in [2.75, 3.05) is 19.6 Å². The minimum Gasteiger partial charge on any atom is -0.323 e. The van der Waals surface area contributed by atoms with E-state index in [0.717, 1.165) is 19.6 Å². The summed E-state index contributed by atoms with van der Waals surface area (Å²) in [6.45, 7) is 14.6. The number of hydrogen-bond donors (Lipinski definition) is 1. The Bertz CT molecular complexity index is 357. The summed E-state index contributed by atoms with van der Waals surface area (Å²) in [7, 11) is 0. The normalized spacial score (nSPS) is 14.1. The Morgan fingerprint density at radius 1 is 1.16 bits per heavy atom. The van der Waals surface area contributed by atoms with Gasteiger partial charge in [-0.2, -0.15) is 0 Å². The monoisotopic (exact) mass is 262 g/mol. The average Bonchev–Trinajstić information content (AvgIpc) is 2.37. The predicted octanol–water partition coefficient (Wildman–Crippen LogP) is 3.69. The van der Waals surface area contributed by atoms with Crippen LogP contribution in [0.25, 0.3) is 0 Å². The maximum atomic E-state index is 6.48. The third-order valence-corrected chi connectivity index (χ3v) is 3.70. The Balaban J connectivity index is 2.73. The number of nitrogens with two attached hydrogens (primary N) is 1. The van der Waals surface area contributed by atoms with Gasteiger partial charge in [0.2, 0.25) is 0 Å². The van der Waals surface area contributed by atoms with Gasteiger partial charge in [0.25, 0.3) is 0 Å². The lowest BCUT2D eigenvalue weighted by atomic mass is 9.80. The van der Waals surface area contributed by atoms with Crippen molar-refractivity contribution in [1.82, 2.24) is 4.90 Å². The van der Waals surface area contributed by atoms with E-state index >= 15 is 0 Å². The van der Waals surface area contributed by atoms with Crippen LogP contribution in [0.1, 0.15) is 46.2 Å². The summed E-state index contributed by atoms with van der Waals surface area (Å²) in [6, 6.07) is 10.5. The van der Waals surface area contributed by atoms with Crippen molar-refractivity contribution in [3.8, 4) is 0 Å². The summed E-state index contributed by atoms with van der Waals surface area (Å²) in [5.74, 6) is 0.698. The van der Waals surface area contributed by atoms with Crippen molar-refractivity contribution in [2.45, 2.75) is 40.7 Å². The molecule has 0 saturated carbocycles. The molecule has 0 aliphatic carbocycles. The van der Waals surface area contributed by atoms with Crippen LogP contribution in [-0.2, 0) is 0 Å². The van der Waals surface area contributed by atoms with Crippen molar-refractivity contribution < 1.29 is 0 Å². The standard InChI is InChI=1S/C17H30N2/c1-6-19(12-14(2)3)13-17(4,5)16(18)15-10-8-7-9-11-15/h7-11,14,16H,6,12-13,18H2,1-5H3. The van der Waals surface area contributed by atoms with Crippen LogP contribution in [0.4, 0.5) is 0 Å². The molecule has 1 atom stereocenters. The van der Waals surface area contributed by atoms with Gasteiger partial charge < -0.3 is 10.6 Å². The van der Waals surface area contributed by atoms with Gasteiger partial charge in [0, 0.05) is 19.1 Å². The van der Waals surface area contributed by atoms with Crippen LogP contribution in [0.15, 0.2) is 30.3 Å². The lowest BCUT2D eigenvalue weighted by Crippen LogP contribution is -2.42. The molecule has 1 aromatic carbocycles. The van der Waals surface area contributed by atoms with Crippen molar-refractivity contribution in [3.05, 3.63) is 35.9 Å². The Hall–Kier alpha value is -0.860. The molecule has 2 N–H and O–H groups in total. The van der Waals surface area contributed by atoms with Gasteiger partial charge in [0.05, 0.1) is 0 Å². The van der Waals surface area contributed by atoms with Crippen LogP contribution in [0.2, 0.25) is 0 Å².